The van der Waals surface area contributed by atoms with Crippen LogP contribution in [0.25, 0.3) is 10.9 Å². The average Bonchev–Trinajstić information content (AvgIpc) is 2.87. The number of nitrogens with one attached hydrogen (secondary N) is 1. The Morgan fingerprint density at radius 3 is 2.53 bits per heavy atom. The van der Waals surface area contributed by atoms with E-state index >= 15 is 4.39 Å². The number of nitrogens with zero attached hydrogens (tertiary/aromatic N) is 2. The third-order valence-electron chi connectivity index (χ3n) is 7.43. The van der Waals surface area contributed by atoms with Crippen molar-refractivity contribution in [1.29, 1.82) is 0 Å². The highest BCUT2D eigenvalue weighted by Gasteiger charge is 2.35. The van der Waals surface area contributed by atoms with E-state index < -0.39 is 17.8 Å². The van der Waals surface area contributed by atoms with Crippen molar-refractivity contribution < 1.29 is 23.0 Å². The van der Waals surface area contributed by atoms with Gasteiger partial charge in [0.2, 0.25) is 0 Å². The predicted octanol–water partition coefficient (Wildman–Crippen LogP) is 5.81. The highest BCUT2D eigenvalue weighted by molar-refractivity contribution is 5.84. The van der Waals surface area contributed by atoms with Crippen molar-refractivity contribution in [2.45, 2.75) is 38.8 Å². The lowest BCUT2D eigenvalue weighted by atomic mass is 9.74. The molecule has 36 heavy (non-hydrogen) atoms. The average molecular weight is 502 g/mol. The molecule has 2 N–H and O–H groups in total. The molecule has 0 bridgehead atoms. The van der Waals surface area contributed by atoms with Crippen LogP contribution in [0.1, 0.15) is 43.0 Å². The van der Waals surface area contributed by atoms with Crippen LogP contribution in [0.5, 0.6) is 5.75 Å². The molecule has 0 spiro atoms. The van der Waals surface area contributed by atoms with Gasteiger partial charge in [0.1, 0.15) is 23.6 Å². The second-order valence-electron chi connectivity index (χ2n) is 9.83. The van der Waals surface area contributed by atoms with Gasteiger partial charge in [0, 0.05) is 43.0 Å². The summed E-state index contributed by atoms with van der Waals surface area (Å²) >= 11 is 0. The fourth-order valence-corrected chi connectivity index (χ4v) is 5.16. The van der Waals surface area contributed by atoms with Crippen LogP contribution in [0.2, 0.25) is 0 Å². The van der Waals surface area contributed by atoms with E-state index in [1.807, 2.05) is 25.1 Å². The van der Waals surface area contributed by atoms with Crippen LogP contribution >= 0.6 is 0 Å². The molecule has 1 aliphatic heterocycles. The highest BCUT2D eigenvalue weighted by atomic mass is 19.1. The monoisotopic (exact) mass is 501 g/mol. The summed E-state index contributed by atoms with van der Waals surface area (Å²) in [5.74, 6) is -0.550. The van der Waals surface area contributed by atoms with Gasteiger partial charge in [-0.25, -0.2) is 13.2 Å². The van der Waals surface area contributed by atoms with Crippen LogP contribution < -0.4 is 10.1 Å². The molecule has 0 aliphatic carbocycles. The Balaban J connectivity index is 1.33. The Labute approximate surface area is 210 Å². The SMILES string of the molecule is COc1ccc2ncc(C)c(C(F)CCC3(CO)CCN(CCNc4cc(F)cc(F)c4)CC3)c2c1. The normalized spacial score (nSPS) is 16.7. The van der Waals surface area contributed by atoms with E-state index in [0.29, 0.717) is 36.4 Å². The number of benzene rings is 2. The van der Waals surface area contributed by atoms with E-state index in [-0.39, 0.29) is 12.0 Å². The quantitative estimate of drug-likeness (QED) is 0.367. The number of likely N-dealkylation sites (tertiary alicyclic amines) is 1. The number of hydrogen-bond donors (Lipinski definition) is 2. The van der Waals surface area contributed by atoms with Crippen LogP contribution in [-0.4, -0.2) is 54.9 Å². The number of pyridine rings is 1. The number of halogens is 3. The number of hydrogen-bond acceptors (Lipinski definition) is 5. The van der Waals surface area contributed by atoms with Gasteiger partial charge in [-0.3, -0.25) is 4.98 Å². The summed E-state index contributed by atoms with van der Waals surface area (Å²) < 4.78 is 47.7. The third-order valence-corrected chi connectivity index (χ3v) is 7.43. The molecule has 1 saturated heterocycles. The number of anilines is 1. The van der Waals surface area contributed by atoms with Gasteiger partial charge >= 0.3 is 0 Å². The van der Waals surface area contributed by atoms with Gasteiger partial charge in [-0.05, 0) is 92.6 Å². The van der Waals surface area contributed by atoms with Crippen molar-refractivity contribution in [1.82, 2.24) is 9.88 Å². The lowest BCUT2D eigenvalue weighted by Crippen LogP contribution is -2.43. The second-order valence-corrected chi connectivity index (χ2v) is 9.83. The fourth-order valence-electron chi connectivity index (χ4n) is 5.16. The minimum absolute atomic E-state index is 0.0261. The first kappa shape index (κ1) is 26.2. The van der Waals surface area contributed by atoms with Gasteiger partial charge in [-0.2, -0.15) is 0 Å². The van der Waals surface area contributed by atoms with Crippen molar-refractivity contribution >= 4 is 16.6 Å². The molecule has 5 nitrogen and oxygen atoms in total. The van der Waals surface area contributed by atoms with Crippen molar-refractivity contribution in [2.24, 2.45) is 5.41 Å². The summed E-state index contributed by atoms with van der Waals surface area (Å²) in [7, 11) is 1.59. The molecular weight excluding hydrogens is 467 g/mol. The van der Waals surface area contributed by atoms with Gasteiger partial charge in [0.15, 0.2) is 0 Å². The molecule has 3 aromatic rings. The first-order chi connectivity index (χ1) is 17.3. The van der Waals surface area contributed by atoms with Crippen LogP contribution in [0.3, 0.4) is 0 Å². The number of rotatable bonds is 10. The predicted molar refractivity (Wildman–Crippen MR) is 136 cm³/mol. The molecule has 0 amide bonds. The van der Waals surface area contributed by atoms with E-state index in [1.54, 1.807) is 13.3 Å². The molecule has 0 saturated carbocycles. The zero-order chi connectivity index (χ0) is 25.7. The molecule has 1 atom stereocenters. The fraction of sp³-hybridized carbons (Fsp3) is 0.464. The molecule has 1 aliphatic rings. The maximum atomic E-state index is 15.7. The van der Waals surface area contributed by atoms with Gasteiger partial charge in [0.25, 0.3) is 0 Å². The highest BCUT2D eigenvalue weighted by Crippen LogP contribution is 2.40. The van der Waals surface area contributed by atoms with Crippen molar-refractivity contribution in [2.75, 3.05) is 45.2 Å². The number of ether oxygens (including phenoxy) is 1. The zero-order valence-electron chi connectivity index (χ0n) is 20.9. The lowest BCUT2D eigenvalue weighted by Gasteiger charge is -2.41. The second kappa shape index (κ2) is 11.5. The Kier molecular flexibility index (Phi) is 8.36. The maximum Gasteiger partial charge on any atom is 0.128 e. The molecule has 194 valence electrons. The van der Waals surface area contributed by atoms with E-state index in [1.165, 1.54) is 12.1 Å². The van der Waals surface area contributed by atoms with E-state index in [4.69, 9.17) is 4.74 Å². The van der Waals surface area contributed by atoms with Crippen molar-refractivity contribution in [3.05, 3.63) is 65.4 Å². The number of fused-ring (bicyclic) bond motifs is 1. The lowest BCUT2D eigenvalue weighted by molar-refractivity contribution is 0.0315. The number of piperidine rings is 1. The Morgan fingerprint density at radius 2 is 1.86 bits per heavy atom. The summed E-state index contributed by atoms with van der Waals surface area (Å²) in [6.07, 6.45) is 3.00. The largest absolute Gasteiger partial charge is 0.497 e. The summed E-state index contributed by atoms with van der Waals surface area (Å²) in [5, 5.41) is 14.1. The molecular formula is C28H34F3N3O2. The molecule has 1 aromatic heterocycles. The Morgan fingerprint density at radius 1 is 1.14 bits per heavy atom. The summed E-state index contributed by atoms with van der Waals surface area (Å²) in [4.78, 5) is 6.69. The maximum absolute atomic E-state index is 15.7. The molecule has 2 heterocycles. The van der Waals surface area contributed by atoms with Crippen LogP contribution in [0.15, 0.2) is 42.6 Å². The molecule has 4 rings (SSSR count). The standard InChI is InChI=1S/C28H34F3N3O2/c1-19-17-33-26-4-3-23(36-2)16-24(26)27(19)25(31)5-6-28(18-35)7-10-34(11-8-28)12-9-32-22-14-20(29)13-21(30)15-22/h3-4,13-17,25,32,35H,5-12,18H2,1-2H3. The summed E-state index contributed by atoms with van der Waals surface area (Å²) in [6, 6.07) is 8.89. The third kappa shape index (κ3) is 6.10. The van der Waals surface area contributed by atoms with Crippen molar-refractivity contribution in [3.8, 4) is 5.75 Å². The number of aliphatic hydroxyl groups excluding tert-OH is 1. The molecule has 2 aromatic carbocycles. The topological polar surface area (TPSA) is 57.6 Å². The molecule has 1 fully saturated rings. The van der Waals surface area contributed by atoms with Crippen LogP contribution in [0, 0.1) is 24.0 Å². The Bertz CT molecular complexity index is 1160. The molecule has 1 unspecified atom stereocenters. The first-order valence-corrected chi connectivity index (χ1v) is 12.4. The van der Waals surface area contributed by atoms with E-state index in [2.05, 4.69) is 15.2 Å². The van der Waals surface area contributed by atoms with Gasteiger partial charge in [0.05, 0.1) is 12.6 Å². The van der Waals surface area contributed by atoms with E-state index in [0.717, 1.165) is 55.0 Å². The number of aromatic nitrogens is 1. The molecule has 8 heteroatoms. The minimum Gasteiger partial charge on any atom is -0.497 e. The summed E-state index contributed by atoms with van der Waals surface area (Å²) in [6.45, 7) is 4.74. The van der Waals surface area contributed by atoms with Gasteiger partial charge in [-0.1, -0.05) is 0 Å². The number of aryl methyl sites for hydroxylation is 1. The van der Waals surface area contributed by atoms with Gasteiger partial charge in [-0.15, -0.1) is 0 Å². The van der Waals surface area contributed by atoms with Crippen LogP contribution in [0.4, 0.5) is 18.9 Å². The number of methoxy groups -OCH3 is 1. The Hall–Kier alpha value is -2.84. The first-order valence-electron chi connectivity index (χ1n) is 12.4. The van der Waals surface area contributed by atoms with Crippen molar-refractivity contribution in [3.63, 3.8) is 0 Å². The number of aliphatic hydroxyl groups is 1. The minimum atomic E-state index is -1.17. The zero-order valence-corrected chi connectivity index (χ0v) is 20.9. The van der Waals surface area contributed by atoms with Gasteiger partial charge < -0.3 is 20.1 Å². The van der Waals surface area contributed by atoms with Crippen LogP contribution in [-0.2, 0) is 0 Å². The van der Waals surface area contributed by atoms with E-state index in [9.17, 15) is 13.9 Å². The smallest absolute Gasteiger partial charge is 0.128 e. The molecule has 0 radical (unpaired) electrons. The summed E-state index contributed by atoms with van der Waals surface area (Å²) in [5.41, 5.74) is 2.29. The number of alkyl halides is 1.